The average Bonchev–Trinajstić information content (AvgIpc) is 3.50. The van der Waals surface area contributed by atoms with Crippen LogP contribution >= 0.6 is 23.2 Å². The number of aromatic nitrogens is 8. The molecule has 35 heavy (non-hydrogen) atoms. The van der Waals surface area contributed by atoms with Gasteiger partial charge in [0.25, 0.3) is 0 Å². The smallest absolute Gasteiger partial charge is 0.226 e. The predicted octanol–water partition coefficient (Wildman–Crippen LogP) is 1.70. The summed E-state index contributed by atoms with van der Waals surface area (Å²) in [5.74, 6) is 1.31. The second-order valence-corrected chi connectivity index (χ2v) is 8.32. The first kappa shape index (κ1) is 23.9. The number of H-pyrrole nitrogens is 2. The molecule has 0 unspecified atom stereocenters. The molecule has 186 valence electrons. The first-order valence-corrected chi connectivity index (χ1v) is 11.9. The van der Waals surface area contributed by atoms with Crippen LogP contribution in [0.15, 0.2) is 12.7 Å². The van der Waals surface area contributed by atoms with Crippen LogP contribution in [0, 0.1) is 0 Å². The van der Waals surface area contributed by atoms with Crippen molar-refractivity contribution in [2.75, 3.05) is 75.6 Å². The van der Waals surface area contributed by atoms with E-state index in [0.717, 1.165) is 0 Å². The van der Waals surface area contributed by atoms with Gasteiger partial charge in [0.1, 0.15) is 11.0 Å². The minimum Gasteiger partial charge on any atom is -0.378 e. The summed E-state index contributed by atoms with van der Waals surface area (Å²) in [5, 5.41) is 0.269. The zero-order valence-corrected chi connectivity index (χ0v) is 20.3. The molecule has 0 spiro atoms. The van der Waals surface area contributed by atoms with Crippen molar-refractivity contribution in [3.63, 3.8) is 0 Å². The summed E-state index contributed by atoms with van der Waals surface area (Å²) >= 11 is 12.3. The minimum atomic E-state index is 0.134. The highest BCUT2D eigenvalue weighted by Gasteiger charge is 2.18. The van der Waals surface area contributed by atoms with Gasteiger partial charge in [0.05, 0.1) is 52.3 Å². The van der Waals surface area contributed by atoms with Gasteiger partial charge < -0.3 is 34.0 Å². The van der Waals surface area contributed by atoms with E-state index in [1.807, 2.05) is 9.80 Å². The van der Waals surface area contributed by atoms with E-state index in [1.54, 1.807) is 12.7 Å². The van der Waals surface area contributed by atoms with Gasteiger partial charge in [0.2, 0.25) is 10.6 Å². The van der Waals surface area contributed by atoms with Gasteiger partial charge in [-0.25, -0.2) is 9.97 Å². The molecule has 1 saturated heterocycles. The Morgan fingerprint density at radius 3 is 1.43 bits per heavy atom. The number of hydrogen-bond acceptors (Lipinski definition) is 11. The van der Waals surface area contributed by atoms with Crippen molar-refractivity contribution in [3.05, 3.63) is 23.2 Å². The lowest BCUT2D eigenvalue weighted by atomic mass is 10.4. The van der Waals surface area contributed by atoms with Crippen molar-refractivity contribution < 1.29 is 14.2 Å². The van der Waals surface area contributed by atoms with Gasteiger partial charge in [0.15, 0.2) is 22.9 Å². The van der Waals surface area contributed by atoms with Crippen LogP contribution in [0.1, 0.15) is 0 Å². The number of hydrogen-bond donors (Lipinski definition) is 2. The van der Waals surface area contributed by atoms with Crippen LogP contribution < -0.4 is 9.80 Å². The monoisotopic (exact) mass is 522 g/mol. The van der Waals surface area contributed by atoms with Crippen molar-refractivity contribution in [1.82, 2.24) is 39.9 Å². The lowest BCUT2D eigenvalue weighted by Crippen LogP contribution is -2.34. The van der Waals surface area contributed by atoms with E-state index in [-0.39, 0.29) is 10.6 Å². The molecule has 0 aromatic carbocycles. The molecule has 5 rings (SSSR count). The van der Waals surface area contributed by atoms with E-state index in [0.29, 0.717) is 99.8 Å². The Morgan fingerprint density at radius 1 is 0.600 bits per heavy atom. The number of imidazole rings is 2. The minimum absolute atomic E-state index is 0.134. The molecule has 0 amide bonds. The van der Waals surface area contributed by atoms with Gasteiger partial charge in [0, 0.05) is 26.2 Å². The number of nitrogens with one attached hydrogen (secondary N) is 2. The first-order chi connectivity index (χ1) is 17.2. The number of aromatic amines is 2. The third-order valence-corrected chi connectivity index (χ3v) is 5.81. The molecule has 13 nitrogen and oxygen atoms in total. The second-order valence-electron chi connectivity index (χ2n) is 7.65. The summed E-state index contributed by atoms with van der Waals surface area (Å²) in [7, 11) is 0. The molecule has 0 aliphatic carbocycles. The van der Waals surface area contributed by atoms with Crippen LogP contribution in [-0.4, -0.2) is 106 Å². The second kappa shape index (κ2) is 11.3. The third-order valence-electron chi connectivity index (χ3n) is 5.47. The molecule has 1 aliphatic heterocycles. The fourth-order valence-electron chi connectivity index (χ4n) is 3.81. The average molecular weight is 523 g/mol. The molecule has 4 aromatic heterocycles. The molecule has 0 saturated carbocycles. The van der Waals surface area contributed by atoms with Crippen LogP contribution in [0.25, 0.3) is 22.3 Å². The highest BCUT2D eigenvalue weighted by atomic mass is 35.5. The van der Waals surface area contributed by atoms with Gasteiger partial charge in [-0.15, -0.1) is 0 Å². The van der Waals surface area contributed by atoms with Crippen LogP contribution in [0.2, 0.25) is 10.6 Å². The summed E-state index contributed by atoms with van der Waals surface area (Å²) in [5.41, 5.74) is 2.45. The Kier molecular flexibility index (Phi) is 7.69. The maximum atomic E-state index is 6.14. The zero-order valence-electron chi connectivity index (χ0n) is 18.8. The standard InChI is InChI=1S/C20H24Cl2N10O3/c21-19-27-15-13(23-11-25-15)17(29-19)31-1-5-33-6-2-32(4-8-35-10-9-34-7-3-31)18-14-16(26-12-24-14)28-20(22)30-18/h11-12H,1-10H2,(H,23,25,27,29)(H,24,26,28,30). The Hall–Kier alpha value is -2.84. The molecule has 0 radical (unpaired) electrons. The molecule has 4 aromatic rings. The number of ether oxygens (including phenoxy) is 3. The molecule has 5 heterocycles. The Labute approximate surface area is 210 Å². The molecule has 15 heteroatoms. The van der Waals surface area contributed by atoms with E-state index in [1.165, 1.54) is 0 Å². The van der Waals surface area contributed by atoms with Crippen LogP contribution in [0.3, 0.4) is 0 Å². The summed E-state index contributed by atoms with van der Waals surface area (Å²) in [6, 6.07) is 0. The van der Waals surface area contributed by atoms with Crippen LogP contribution in [0.5, 0.6) is 0 Å². The molecule has 0 atom stereocenters. The topological polar surface area (TPSA) is 143 Å². The lowest BCUT2D eigenvalue weighted by molar-refractivity contribution is 0.0530. The number of fused-ring (bicyclic) bond motifs is 2. The molecular weight excluding hydrogens is 499 g/mol. The van der Waals surface area contributed by atoms with Crippen molar-refractivity contribution in [3.8, 4) is 0 Å². The van der Waals surface area contributed by atoms with Crippen LogP contribution in [-0.2, 0) is 14.2 Å². The van der Waals surface area contributed by atoms with Gasteiger partial charge in [-0.2, -0.15) is 19.9 Å². The van der Waals surface area contributed by atoms with Gasteiger partial charge >= 0.3 is 0 Å². The Bertz CT molecular complexity index is 1170. The van der Waals surface area contributed by atoms with E-state index in [2.05, 4.69) is 39.9 Å². The largest absolute Gasteiger partial charge is 0.378 e. The maximum Gasteiger partial charge on any atom is 0.226 e. The molecular formula is C20H24Cl2N10O3. The summed E-state index contributed by atoms with van der Waals surface area (Å²) in [6.45, 7) is 5.18. The Balaban J connectivity index is 1.31. The Morgan fingerprint density at radius 2 is 1.00 bits per heavy atom. The van der Waals surface area contributed by atoms with E-state index < -0.39 is 0 Å². The SMILES string of the molecule is Clc1nc(N2CCOCCOCCN(c3nc(Cl)nc4nc[nH]c34)CCOCC2)c2[nH]cnc2n1. The number of anilines is 2. The molecule has 0 bridgehead atoms. The van der Waals surface area contributed by atoms with E-state index >= 15 is 0 Å². The van der Waals surface area contributed by atoms with Gasteiger partial charge in [-0.3, -0.25) is 0 Å². The van der Waals surface area contributed by atoms with Crippen molar-refractivity contribution >= 4 is 57.2 Å². The normalized spacial score (nSPS) is 17.5. The lowest BCUT2D eigenvalue weighted by Gasteiger charge is -2.25. The maximum absolute atomic E-state index is 6.14. The molecule has 1 aliphatic rings. The van der Waals surface area contributed by atoms with E-state index in [4.69, 9.17) is 37.4 Å². The van der Waals surface area contributed by atoms with Crippen LogP contribution in [0.4, 0.5) is 11.6 Å². The summed E-state index contributed by atoms with van der Waals surface area (Å²) < 4.78 is 17.6. The van der Waals surface area contributed by atoms with Crippen molar-refractivity contribution in [1.29, 1.82) is 0 Å². The number of halogens is 2. The van der Waals surface area contributed by atoms with Gasteiger partial charge in [-0.1, -0.05) is 0 Å². The number of rotatable bonds is 2. The fraction of sp³-hybridized carbons (Fsp3) is 0.500. The molecule has 2 N–H and O–H groups in total. The van der Waals surface area contributed by atoms with E-state index in [9.17, 15) is 0 Å². The molecule has 1 fully saturated rings. The zero-order chi connectivity index (χ0) is 24.0. The van der Waals surface area contributed by atoms with Gasteiger partial charge in [-0.05, 0) is 23.2 Å². The highest BCUT2D eigenvalue weighted by Crippen LogP contribution is 2.24. The highest BCUT2D eigenvalue weighted by molar-refractivity contribution is 6.29. The number of nitrogens with zero attached hydrogens (tertiary/aromatic N) is 8. The summed E-state index contributed by atoms with van der Waals surface area (Å²) in [4.78, 5) is 35.9. The van der Waals surface area contributed by atoms with Crippen molar-refractivity contribution in [2.45, 2.75) is 0 Å². The van der Waals surface area contributed by atoms with Crippen molar-refractivity contribution in [2.24, 2.45) is 0 Å². The predicted molar refractivity (Wildman–Crippen MR) is 130 cm³/mol. The first-order valence-electron chi connectivity index (χ1n) is 11.2. The summed E-state index contributed by atoms with van der Waals surface area (Å²) in [6.07, 6.45) is 3.14. The third kappa shape index (κ3) is 5.70. The fourth-order valence-corrected chi connectivity index (χ4v) is 4.13. The quantitative estimate of drug-likeness (QED) is 0.371.